The van der Waals surface area contributed by atoms with Crippen molar-refractivity contribution in [2.45, 2.75) is 76.4 Å². The molecule has 1 saturated heterocycles. The SMILES string of the molecule is COc1ccc2c(c1)[C@]1(C[C@H]1c1ccc3c(Nc4nc(C5COC5)cnc4OC)nn(C(=O)OC(C)(C)C)c3c1)C(=O)N2C(=O)OC(C)(C)C. The Labute approximate surface area is 289 Å². The van der Waals surface area contributed by atoms with Crippen molar-refractivity contribution in [2.24, 2.45) is 0 Å². The number of anilines is 3. The van der Waals surface area contributed by atoms with Crippen molar-refractivity contribution in [1.29, 1.82) is 0 Å². The van der Waals surface area contributed by atoms with Gasteiger partial charge in [0, 0.05) is 17.2 Å². The van der Waals surface area contributed by atoms with Gasteiger partial charge in [0.05, 0.1) is 55.9 Å². The van der Waals surface area contributed by atoms with E-state index in [4.69, 9.17) is 28.7 Å². The number of hydrogen-bond acceptors (Lipinski definition) is 12. The van der Waals surface area contributed by atoms with Crippen LogP contribution in [0, 0.1) is 0 Å². The number of hydrogen-bond donors (Lipinski definition) is 1. The van der Waals surface area contributed by atoms with E-state index in [1.165, 1.54) is 11.8 Å². The Morgan fingerprint density at radius 2 is 1.66 bits per heavy atom. The van der Waals surface area contributed by atoms with Gasteiger partial charge in [-0.1, -0.05) is 6.07 Å². The topological polar surface area (TPSA) is 156 Å². The Morgan fingerprint density at radius 1 is 0.940 bits per heavy atom. The van der Waals surface area contributed by atoms with Gasteiger partial charge in [0.25, 0.3) is 5.88 Å². The molecule has 0 bridgehead atoms. The van der Waals surface area contributed by atoms with Crippen molar-refractivity contribution in [2.75, 3.05) is 37.7 Å². The summed E-state index contributed by atoms with van der Waals surface area (Å²) in [7, 11) is 3.05. The smallest absolute Gasteiger partial charge is 0.435 e. The fraction of sp³-hybridized carbons (Fsp3) is 0.444. The molecule has 2 atom stereocenters. The van der Waals surface area contributed by atoms with E-state index in [9.17, 15) is 14.4 Å². The van der Waals surface area contributed by atoms with E-state index in [1.54, 1.807) is 73.0 Å². The number of ether oxygens (including phenoxy) is 5. The van der Waals surface area contributed by atoms with Gasteiger partial charge in [0.2, 0.25) is 5.91 Å². The number of nitrogens with zero attached hydrogens (tertiary/aromatic N) is 5. The normalized spacial score (nSPS) is 20.0. The summed E-state index contributed by atoms with van der Waals surface area (Å²) in [5.41, 5.74) is 0.508. The van der Waals surface area contributed by atoms with Crippen LogP contribution >= 0.6 is 0 Å². The maximum Gasteiger partial charge on any atom is 0.435 e. The minimum atomic E-state index is -1.03. The van der Waals surface area contributed by atoms with Gasteiger partial charge in [-0.3, -0.25) is 4.79 Å². The van der Waals surface area contributed by atoms with Crippen molar-refractivity contribution >= 4 is 46.3 Å². The lowest BCUT2D eigenvalue weighted by atomic mass is 9.91. The Morgan fingerprint density at radius 3 is 2.30 bits per heavy atom. The number of nitrogens with one attached hydrogen (secondary N) is 1. The first-order valence-corrected chi connectivity index (χ1v) is 16.4. The van der Waals surface area contributed by atoms with E-state index in [1.807, 2.05) is 18.2 Å². The molecule has 14 heteroatoms. The lowest BCUT2D eigenvalue weighted by Crippen LogP contribution is -2.41. The lowest BCUT2D eigenvalue weighted by Gasteiger charge is -2.25. The summed E-state index contributed by atoms with van der Waals surface area (Å²) in [5, 5.41) is 8.46. The third kappa shape index (κ3) is 5.66. The van der Waals surface area contributed by atoms with Crippen molar-refractivity contribution < 1.29 is 38.1 Å². The second-order valence-corrected chi connectivity index (χ2v) is 14.8. The summed E-state index contributed by atoms with van der Waals surface area (Å²) in [6.07, 6.45) is 0.680. The van der Waals surface area contributed by atoms with Crippen LogP contribution in [0.1, 0.15) is 76.6 Å². The number of carbonyl (C=O) groups excluding carboxylic acids is 3. The van der Waals surface area contributed by atoms with Gasteiger partial charge in [-0.15, -0.1) is 5.10 Å². The Hall–Kier alpha value is -5.24. The molecule has 2 fully saturated rings. The number of methoxy groups -OCH3 is 2. The van der Waals surface area contributed by atoms with Crippen LogP contribution in [0.25, 0.3) is 10.9 Å². The fourth-order valence-corrected chi connectivity index (χ4v) is 6.53. The molecule has 1 N–H and O–H groups in total. The second-order valence-electron chi connectivity index (χ2n) is 14.8. The summed E-state index contributed by atoms with van der Waals surface area (Å²) in [6, 6.07) is 10.8. The van der Waals surface area contributed by atoms with Crippen LogP contribution in [0.2, 0.25) is 0 Å². The predicted molar refractivity (Wildman–Crippen MR) is 183 cm³/mol. The molecule has 4 heterocycles. The quantitative estimate of drug-likeness (QED) is 0.246. The maximum absolute atomic E-state index is 14.3. The van der Waals surface area contributed by atoms with Gasteiger partial charge in [0.1, 0.15) is 17.0 Å². The number of rotatable bonds is 6. The molecule has 14 nitrogen and oxygen atoms in total. The highest BCUT2D eigenvalue weighted by molar-refractivity contribution is 6.23. The van der Waals surface area contributed by atoms with Crippen molar-refractivity contribution in [3.63, 3.8) is 0 Å². The number of fused-ring (bicyclic) bond motifs is 3. The third-order valence-corrected chi connectivity index (χ3v) is 8.96. The minimum Gasteiger partial charge on any atom is -0.497 e. The molecule has 2 amide bonds. The van der Waals surface area contributed by atoms with Crippen LogP contribution in [0.15, 0.2) is 42.6 Å². The Kier molecular flexibility index (Phi) is 7.77. The van der Waals surface area contributed by atoms with Crippen molar-refractivity contribution in [3.05, 3.63) is 59.4 Å². The predicted octanol–water partition coefficient (Wildman–Crippen LogP) is 6.19. The van der Waals surface area contributed by atoms with Crippen LogP contribution in [0.4, 0.5) is 26.9 Å². The van der Waals surface area contributed by atoms with E-state index in [0.29, 0.717) is 59.2 Å². The van der Waals surface area contributed by atoms with Crippen LogP contribution in [0.3, 0.4) is 0 Å². The molecule has 7 rings (SSSR count). The number of carbonyl (C=O) groups is 3. The molecule has 1 spiro atoms. The standard InChI is InChI=1S/C36H40N6O8/c1-34(2,3)49-32(44)41-26-12-10-21(46-7)14-23(26)36(31(41)43)15-24(36)19-9-11-22-27(13-19)42(33(45)50-35(4,5)6)40-28(22)39-29-30(47-8)37-16-25(38-29)20-17-48-18-20/h9-14,16,20,24H,15,17-18H2,1-8H3,(H,38,39,40)/t24-,36-/m0/s1. The summed E-state index contributed by atoms with van der Waals surface area (Å²) in [4.78, 5) is 51.5. The van der Waals surface area contributed by atoms with Crippen molar-refractivity contribution in [1.82, 2.24) is 19.7 Å². The van der Waals surface area contributed by atoms with Crippen LogP contribution < -0.4 is 19.7 Å². The lowest BCUT2D eigenvalue weighted by molar-refractivity contribution is -0.120. The molecule has 0 radical (unpaired) electrons. The first kappa shape index (κ1) is 33.3. The average Bonchev–Trinajstić information content (AvgIpc) is 3.60. The molecular formula is C36H40N6O8. The maximum atomic E-state index is 14.3. The molecular weight excluding hydrogens is 644 g/mol. The third-order valence-electron chi connectivity index (χ3n) is 8.96. The van der Waals surface area contributed by atoms with Gasteiger partial charge < -0.3 is 29.0 Å². The van der Waals surface area contributed by atoms with E-state index in [-0.39, 0.29) is 23.6 Å². The highest BCUT2D eigenvalue weighted by atomic mass is 16.6. The molecule has 1 aliphatic carbocycles. The van der Waals surface area contributed by atoms with Gasteiger partial charge in [-0.2, -0.15) is 4.68 Å². The zero-order valence-corrected chi connectivity index (χ0v) is 29.3. The molecule has 2 aromatic heterocycles. The average molecular weight is 685 g/mol. The first-order chi connectivity index (χ1) is 23.6. The molecule has 2 aliphatic heterocycles. The van der Waals surface area contributed by atoms with Crippen molar-refractivity contribution in [3.8, 4) is 11.6 Å². The number of amides is 2. The number of imide groups is 1. The molecule has 262 valence electrons. The van der Waals surface area contributed by atoms with Gasteiger partial charge in [-0.25, -0.2) is 24.5 Å². The zero-order valence-electron chi connectivity index (χ0n) is 29.3. The number of aromatic nitrogens is 4. The Bertz CT molecular complexity index is 2040. The minimum absolute atomic E-state index is 0.119. The summed E-state index contributed by atoms with van der Waals surface area (Å²) in [5.74, 6) is 0.924. The molecule has 2 aromatic carbocycles. The van der Waals surface area contributed by atoms with Crippen LogP contribution in [0.5, 0.6) is 11.6 Å². The zero-order chi connectivity index (χ0) is 35.7. The van der Waals surface area contributed by atoms with Crippen LogP contribution in [-0.2, 0) is 24.4 Å². The van der Waals surface area contributed by atoms with Gasteiger partial charge in [0.15, 0.2) is 11.6 Å². The monoisotopic (exact) mass is 684 g/mol. The van der Waals surface area contributed by atoms with E-state index >= 15 is 0 Å². The second kappa shape index (κ2) is 11.7. The highest BCUT2D eigenvalue weighted by Crippen LogP contribution is 2.67. The van der Waals surface area contributed by atoms with Gasteiger partial charge >= 0.3 is 12.2 Å². The molecule has 50 heavy (non-hydrogen) atoms. The summed E-state index contributed by atoms with van der Waals surface area (Å²) >= 11 is 0. The largest absolute Gasteiger partial charge is 0.497 e. The van der Waals surface area contributed by atoms with Crippen LogP contribution in [-0.4, -0.2) is 76.5 Å². The highest BCUT2D eigenvalue weighted by Gasteiger charge is 2.68. The van der Waals surface area contributed by atoms with E-state index in [2.05, 4.69) is 15.4 Å². The first-order valence-electron chi connectivity index (χ1n) is 16.4. The van der Waals surface area contributed by atoms with E-state index in [0.717, 1.165) is 16.2 Å². The summed E-state index contributed by atoms with van der Waals surface area (Å²) in [6.45, 7) is 11.7. The molecule has 3 aliphatic rings. The fourth-order valence-electron chi connectivity index (χ4n) is 6.53. The summed E-state index contributed by atoms with van der Waals surface area (Å²) < 4.78 is 28.9. The molecule has 4 aromatic rings. The van der Waals surface area contributed by atoms with E-state index < -0.39 is 28.8 Å². The molecule has 1 saturated carbocycles. The number of benzene rings is 2. The Balaban J connectivity index is 1.30. The molecule has 0 unspecified atom stereocenters. The van der Waals surface area contributed by atoms with Gasteiger partial charge in [-0.05, 0) is 89.4 Å².